The number of benzene rings is 1. The van der Waals surface area contributed by atoms with Gasteiger partial charge in [-0.15, -0.1) is 0 Å². The van der Waals surface area contributed by atoms with Gasteiger partial charge in [-0.3, -0.25) is 9.59 Å². The highest BCUT2D eigenvalue weighted by molar-refractivity contribution is 5.95. The van der Waals surface area contributed by atoms with E-state index in [2.05, 4.69) is 0 Å². The summed E-state index contributed by atoms with van der Waals surface area (Å²) in [6.45, 7) is 1.49. The van der Waals surface area contributed by atoms with Crippen LogP contribution in [-0.2, 0) is 10.2 Å². The molecule has 3 nitrogen and oxygen atoms in total. The van der Waals surface area contributed by atoms with E-state index in [1.165, 1.54) is 6.92 Å². The maximum Gasteiger partial charge on any atom is 0.314 e. The first-order chi connectivity index (χ1) is 7.06. The van der Waals surface area contributed by atoms with Crippen molar-refractivity contribution in [1.82, 2.24) is 0 Å². The molecule has 1 aliphatic rings. The van der Waals surface area contributed by atoms with Gasteiger partial charge in [0, 0.05) is 5.56 Å². The predicted octanol–water partition coefficient (Wildman–Crippen LogP) is 2.01. The first kappa shape index (κ1) is 9.90. The molecule has 1 aromatic rings. The summed E-state index contributed by atoms with van der Waals surface area (Å²) in [4.78, 5) is 22.2. The molecule has 1 fully saturated rings. The summed E-state index contributed by atoms with van der Waals surface area (Å²) in [7, 11) is 0. The molecule has 0 unspecified atom stereocenters. The Morgan fingerprint density at radius 3 is 2.47 bits per heavy atom. The van der Waals surface area contributed by atoms with Crippen LogP contribution in [0.3, 0.4) is 0 Å². The molecular formula is C12H12O3. The average Bonchev–Trinajstić information content (AvgIpc) is 2.98. The summed E-state index contributed by atoms with van der Waals surface area (Å²) >= 11 is 0. The summed E-state index contributed by atoms with van der Waals surface area (Å²) in [5.41, 5.74) is 0.619. The third-order valence-corrected chi connectivity index (χ3v) is 2.98. The largest absolute Gasteiger partial charge is 0.481 e. The van der Waals surface area contributed by atoms with Crippen molar-refractivity contribution in [2.45, 2.75) is 25.2 Å². The fraction of sp³-hybridized carbons (Fsp3) is 0.333. The molecular weight excluding hydrogens is 192 g/mol. The molecule has 0 amide bonds. The van der Waals surface area contributed by atoms with Crippen molar-refractivity contribution < 1.29 is 14.7 Å². The van der Waals surface area contributed by atoms with Crippen molar-refractivity contribution in [3.63, 3.8) is 0 Å². The first-order valence-corrected chi connectivity index (χ1v) is 4.91. The average molecular weight is 204 g/mol. The van der Waals surface area contributed by atoms with Crippen LogP contribution >= 0.6 is 0 Å². The van der Waals surface area contributed by atoms with E-state index in [9.17, 15) is 9.59 Å². The molecule has 0 atom stereocenters. The Labute approximate surface area is 87.7 Å². The second-order valence-electron chi connectivity index (χ2n) is 4.02. The molecule has 0 aromatic heterocycles. The zero-order chi connectivity index (χ0) is 11.1. The summed E-state index contributed by atoms with van der Waals surface area (Å²) in [6, 6.07) is 6.94. The molecule has 0 saturated heterocycles. The summed E-state index contributed by atoms with van der Waals surface area (Å²) < 4.78 is 0. The molecule has 2 rings (SSSR count). The van der Waals surface area contributed by atoms with Gasteiger partial charge in [0.1, 0.15) is 0 Å². The van der Waals surface area contributed by atoms with E-state index >= 15 is 0 Å². The van der Waals surface area contributed by atoms with Crippen LogP contribution in [0.1, 0.15) is 35.7 Å². The van der Waals surface area contributed by atoms with E-state index < -0.39 is 11.4 Å². The van der Waals surface area contributed by atoms with Crippen molar-refractivity contribution in [3.05, 3.63) is 35.4 Å². The van der Waals surface area contributed by atoms with Crippen LogP contribution in [0.4, 0.5) is 0 Å². The number of hydrogen-bond acceptors (Lipinski definition) is 2. The second-order valence-corrected chi connectivity index (χ2v) is 4.02. The number of carbonyl (C=O) groups is 2. The number of ketones is 1. The SMILES string of the molecule is CC(=O)c1cccc(C2(C(=O)O)CC2)c1. The lowest BCUT2D eigenvalue weighted by Gasteiger charge is -2.10. The number of carboxylic acids is 1. The van der Waals surface area contributed by atoms with Gasteiger partial charge >= 0.3 is 5.97 Å². The van der Waals surface area contributed by atoms with Gasteiger partial charge in [-0.25, -0.2) is 0 Å². The van der Waals surface area contributed by atoms with Crippen LogP contribution in [0.5, 0.6) is 0 Å². The van der Waals surface area contributed by atoms with E-state index in [4.69, 9.17) is 5.11 Å². The van der Waals surface area contributed by atoms with Crippen LogP contribution in [0.25, 0.3) is 0 Å². The fourth-order valence-electron chi connectivity index (χ4n) is 1.79. The predicted molar refractivity (Wildman–Crippen MR) is 55.0 cm³/mol. The Bertz CT molecular complexity index is 430. The van der Waals surface area contributed by atoms with Crippen LogP contribution in [0, 0.1) is 0 Å². The van der Waals surface area contributed by atoms with E-state index in [0.717, 1.165) is 5.56 Å². The minimum atomic E-state index is -0.789. The number of aliphatic carboxylic acids is 1. The van der Waals surface area contributed by atoms with E-state index in [1.807, 2.05) is 0 Å². The van der Waals surface area contributed by atoms with Crippen molar-refractivity contribution in [2.75, 3.05) is 0 Å². The summed E-state index contributed by atoms with van der Waals surface area (Å²) in [5.74, 6) is -0.818. The molecule has 0 radical (unpaired) electrons. The third-order valence-electron chi connectivity index (χ3n) is 2.98. The molecule has 0 aliphatic heterocycles. The Morgan fingerprint density at radius 1 is 1.33 bits per heavy atom. The molecule has 3 heteroatoms. The number of rotatable bonds is 3. The van der Waals surface area contributed by atoms with Gasteiger partial charge in [-0.05, 0) is 31.4 Å². The van der Waals surface area contributed by atoms with Crippen LogP contribution in [-0.4, -0.2) is 16.9 Å². The molecule has 1 aromatic carbocycles. The number of carbonyl (C=O) groups excluding carboxylic acids is 1. The lowest BCUT2D eigenvalue weighted by molar-refractivity contribution is -0.140. The van der Waals surface area contributed by atoms with Crippen LogP contribution in [0.2, 0.25) is 0 Å². The van der Waals surface area contributed by atoms with E-state index in [-0.39, 0.29) is 5.78 Å². The van der Waals surface area contributed by atoms with Gasteiger partial charge in [0.05, 0.1) is 5.41 Å². The second kappa shape index (κ2) is 3.19. The van der Waals surface area contributed by atoms with Crippen molar-refractivity contribution in [3.8, 4) is 0 Å². The summed E-state index contributed by atoms with van der Waals surface area (Å²) in [6.07, 6.45) is 1.34. The van der Waals surface area contributed by atoms with Gasteiger partial charge in [0.15, 0.2) is 5.78 Å². The molecule has 15 heavy (non-hydrogen) atoms. The number of carboxylic acid groups (broad SMARTS) is 1. The van der Waals surface area contributed by atoms with Crippen molar-refractivity contribution in [1.29, 1.82) is 0 Å². The standard InChI is InChI=1S/C12H12O3/c1-8(13)9-3-2-4-10(7-9)12(5-6-12)11(14)15/h2-4,7H,5-6H2,1H3,(H,14,15). The Balaban J connectivity index is 2.42. The minimum absolute atomic E-state index is 0.0296. The maximum absolute atomic E-state index is 11.2. The van der Waals surface area contributed by atoms with Gasteiger partial charge in [-0.2, -0.15) is 0 Å². The molecule has 0 spiro atoms. The molecule has 78 valence electrons. The van der Waals surface area contributed by atoms with Crippen LogP contribution < -0.4 is 0 Å². The molecule has 1 saturated carbocycles. The quantitative estimate of drug-likeness (QED) is 0.766. The van der Waals surface area contributed by atoms with Crippen LogP contribution in [0.15, 0.2) is 24.3 Å². The molecule has 0 bridgehead atoms. The minimum Gasteiger partial charge on any atom is -0.481 e. The highest BCUT2D eigenvalue weighted by Gasteiger charge is 2.51. The lowest BCUT2D eigenvalue weighted by atomic mass is 9.94. The number of Topliss-reactive ketones (excluding diaryl/α,β-unsaturated/α-hetero) is 1. The van der Waals surface area contributed by atoms with Crippen molar-refractivity contribution in [2.24, 2.45) is 0 Å². The first-order valence-electron chi connectivity index (χ1n) is 4.91. The Hall–Kier alpha value is -1.64. The Kier molecular flexibility index (Phi) is 2.11. The monoisotopic (exact) mass is 204 g/mol. The zero-order valence-electron chi connectivity index (χ0n) is 8.49. The normalized spacial score (nSPS) is 17.1. The molecule has 0 heterocycles. The van der Waals surface area contributed by atoms with Crippen molar-refractivity contribution >= 4 is 11.8 Å². The smallest absolute Gasteiger partial charge is 0.314 e. The van der Waals surface area contributed by atoms with Gasteiger partial charge < -0.3 is 5.11 Å². The topological polar surface area (TPSA) is 54.4 Å². The molecule has 1 N–H and O–H groups in total. The van der Waals surface area contributed by atoms with E-state index in [1.54, 1.807) is 24.3 Å². The summed E-state index contributed by atoms with van der Waals surface area (Å²) in [5, 5.41) is 9.10. The highest BCUT2D eigenvalue weighted by atomic mass is 16.4. The van der Waals surface area contributed by atoms with Gasteiger partial charge in [0.25, 0.3) is 0 Å². The Morgan fingerprint density at radius 2 is 2.00 bits per heavy atom. The maximum atomic E-state index is 11.2. The fourth-order valence-corrected chi connectivity index (χ4v) is 1.79. The molecule has 1 aliphatic carbocycles. The van der Waals surface area contributed by atoms with Gasteiger partial charge in [-0.1, -0.05) is 18.2 Å². The zero-order valence-corrected chi connectivity index (χ0v) is 8.49. The lowest BCUT2D eigenvalue weighted by Crippen LogP contribution is -2.19. The van der Waals surface area contributed by atoms with E-state index in [0.29, 0.717) is 18.4 Å². The third kappa shape index (κ3) is 1.54. The number of hydrogen-bond donors (Lipinski definition) is 1. The highest BCUT2D eigenvalue weighted by Crippen LogP contribution is 2.48. The van der Waals surface area contributed by atoms with Gasteiger partial charge in [0.2, 0.25) is 0 Å².